The quantitative estimate of drug-likeness (QED) is 0.586. The van der Waals surface area contributed by atoms with Crippen LogP contribution in [0.25, 0.3) is 0 Å². The molecule has 1 aromatic rings. The molecular weight excluding hydrogens is 481 g/mol. The molecule has 4 rings (SSSR count). The summed E-state index contributed by atoms with van der Waals surface area (Å²) in [5.74, 6) is -2.86. The maximum atomic E-state index is 13.2. The van der Waals surface area contributed by atoms with Crippen molar-refractivity contribution in [2.75, 3.05) is 44.2 Å². The Morgan fingerprint density at radius 2 is 1.85 bits per heavy atom. The predicted molar refractivity (Wildman–Crippen MR) is 114 cm³/mol. The summed E-state index contributed by atoms with van der Waals surface area (Å²) in [6, 6.07) is 0. The molecule has 0 radical (unpaired) electrons. The molecule has 3 aliphatic heterocycles. The van der Waals surface area contributed by atoms with E-state index in [0.717, 1.165) is 0 Å². The first-order chi connectivity index (χ1) is 16.2. The zero-order valence-corrected chi connectivity index (χ0v) is 19.0. The number of hydrogen-bond donors (Lipinski definition) is 2. The highest BCUT2D eigenvalue weighted by Gasteiger charge is 2.52. The molecule has 3 aliphatic rings. The lowest BCUT2D eigenvalue weighted by Crippen LogP contribution is -2.60. The van der Waals surface area contributed by atoms with Crippen LogP contribution in [0.4, 0.5) is 19.1 Å². The minimum absolute atomic E-state index is 0.0338. The molecular formula is C20H26ClF3N6O4. The van der Waals surface area contributed by atoms with E-state index in [1.165, 1.54) is 12.4 Å². The molecule has 4 heterocycles. The fourth-order valence-electron chi connectivity index (χ4n) is 4.35. The van der Waals surface area contributed by atoms with Gasteiger partial charge in [0.2, 0.25) is 17.8 Å². The first-order valence-electron chi connectivity index (χ1n) is 11.1. The molecule has 4 atom stereocenters. The van der Waals surface area contributed by atoms with Gasteiger partial charge in [-0.15, -0.1) is 0 Å². The van der Waals surface area contributed by atoms with Crippen LogP contribution in [0.3, 0.4) is 0 Å². The minimum atomic E-state index is -4.70. The van der Waals surface area contributed by atoms with Crippen molar-refractivity contribution in [2.45, 2.75) is 43.8 Å². The van der Waals surface area contributed by atoms with Crippen molar-refractivity contribution in [1.29, 1.82) is 0 Å². The maximum Gasteiger partial charge on any atom is 0.403 e. The summed E-state index contributed by atoms with van der Waals surface area (Å²) in [5, 5.41) is 0.457. The summed E-state index contributed by atoms with van der Waals surface area (Å²) in [6.07, 6.45) is -2.32. The molecule has 0 aromatic carbocycles. The van der Waals surface area contributed by atoms with Gasteiger partial charge >= 0.3 is 6.18 Å². The van der Waals surface area contributed by atoms with Gasteiger partial charge in [0, 0.05) is 32.7 Å². The number of carbonyl (C=O) groups is 2. The van der Waals surface area contributed by atoms with E-state index in [1.807, 2.05) is 10.3 Å². The molecule has 10 nitrogen and oxygen atoms in total. The number of hydrogen-bond acceptors (Lipinski definition) is 8. The number of nitrogens with one attached hydrogen (secondary N) is 2. The standard InChI is InChI=1S/C20H26ClF3N6O4/c21-12-8-25-19(26-9-12)30-5-3-29(4-6-30)16(31)7-13-1-2-14(34-13)11-33-15-10-27-28-18(32)17(15)20(22,23)24/h8-9,13-15,17,27H,1-7,10-11H2,(H,28,32)/t13-,14+,15?,17?/m0/s1. The first kappa shape index (κ1) is 24.9. The fraction of sp³-hybridized carbons (Fsp3) is 0.700. The van der Waals surface area contributed by atoms with Crippen molar-refractivity contribution >= 4 is 29.4 Å². The molecule has 2 amide bonds. The highest BCUT2D eigenvalue weighted by Crippen LogP contribution is 2.32. The van der Waals surface area contributed by atoms with Crippen molar-refractivity contribution in [3.05, 3.63) is 17.4 Å². The minimum Gasteiger partial charge on any atom is -0.373 e. The second-order valence-corrected chi connectivity index (χ2v) is 8.93. The highest BCUT2D eigenvalue weighted by molar-refractivity contribution is 6.30. The second kappa shape index (κ2) is 10.6. The predicted octanol–water partition coefficient (Wildman–Crippen LogP) is 0.914. The molecule has 188 valence electrons. The van der Waals surface area contributed by atoms with Crippen molar-refractivity contribution in [3.8, 4) is 0 Å². The lowest BCUT2D eigenvalue weighted by atomic mass is 9.99. The van der Waals surface area contributed by atoms with E-state index in [-0.39, 0.29) is 31.6 Å². The number of ether oxygens (including phenoxy) is 2. The van der Waals surface area contributed by atoms with Crippen molar-refractivity contribution in [1.82, 2.24) is 25.7 Å². The maximum absolute atomic E-state index is 13.2. The number of nitrogens with zero attached hydrogens (tertiary/aromatic N) is 4. The Labute approximate surface area is 199 Å². The molecule has 3 saturated heterocycles. The van der Waals surface area contributed by atoms with Crippen molar-refractivity contribution in [2.24, 2.45) is 5.92 Å². The van der Waals surface area contributed by atoms with Gasteiger partial charge in [-0.3, -0.25) is 15.0 Å². The van der Waals surface area contributed by atoms with Gasteiger partial charge in [0.25, 0.3) is 0 Å². The monoisotopic (exact) mass is 506 g/mol. The van der Waals surface area contributed by atoms with E-state index in [9.17, 15) is 22.8 Å². The van der Waals surface area contributed by atoms with Crippen molar-refractivity contribution < 1.29 is 32.2 Å². The lowest BCUT2D eigenvalue weighted by molar-refractivity contribution is -0.215. The van der Waals surface area contributed by atoms with Crippen LogP contribution < -0.4 is 15.8 Å². The number of aromatic nitrogens is 2. The lowest BCUT2D eigenvalue weighted by Gasteiger charge is -2.35. The Balaban J connectivity index is 1.19. The summed E-state index contributed by atoms with van der Waals surface area (Å²) in [5.41, 5.74) is 4.41. The Morgan fingerprint density at radius 3 is 2.53 bits per heavy atom. The molecule has 3 fully saturated rings. The number of anilines is 1. The number of rotatable bonds is 6. The van der Waals surface area contributed by atoms with E-state index in [1.54, 1.807) is 4.90 Å². The summed E-state index contributed by atoms with van der Waals surface area (Å²) in [4.78, 5) is 36.5. The molecule has 0 bridgehead atoms. The highest BCUT2D eigenvalue weighted by atomic mass is 35.5. The molecule has 2 N–H and O–H groups in total. The molecule has 2 unspecified atom stereocenters. The van der Waals surface area contributed by atoms with Gasteiger partial charge in [-0.05, 0) is 12.8 Å². The third kappa shape index (κ3) is 6.06. The Morgan fingerprint density at radius 1 is 1.18 bits per heavy atom. The van der Waals surface area contributed by atoms with E-state index in [2.05, 4.69) is 15.4 Å². The van der Waals surface area contributed by atoms with E-state index in [4.69, 9.17) is 21.1 Å². The SMILES string of the molecule is O=C1NNCC(OC[C@H]2CC[C@@H](CC(=O)N3CCN(c4ncc(Cl)cn4)CC3)O2)C1C(F)(F)F. The third-order valence-corrected chi connectivity index (χ3v) is 6.33. The van der Waals surface area contributed by atoms with Crippen LogP contribution in [-0.2, 0) is 19.1 Å². The summed E-state index contributed by atoms with van der Waals surface area (Å²) in [7, 11) is 0. The van der Waals surface area contributed by atoms with E-state index < -0.39 is 30.2 Å². The Hall–Kier alpha value is -2.22. The van der Waals surface area contributed by atoms with Gasteiger partial charge in [-0.2, -0.15) is 13.2 Å². The topological polar surface area (TPSA) is 109 Å². The third-order valence-electron chi connectivity index (χ3n) is 6.14. The summed E-state index contributed by atoms with van der Waals surface area (Å²) >= 11 is 5.82. The van der Waals surface area contributed by atoms with Gasteiger partial charge in [0.15, 0.2) is 5.92 Å². The average Bonchev–Trinajstić information content (AvgIpc) is 3.24. The van der Waals surface area contributed by atoms with Crippen LogP contribution in [0, 0.1) is 5.92 Å². The molecule has 0 spiro atoms. The van der Waals surface area contributed by atoms with Crippen molar-refractivity contribution in [3.63, 3.8) is 0 Å². The Bertz CT molecular complexity index is 869. The number of carbonyl (C=O) groups excluding carboxylic acids is 2. The smallest absolute Gasteiger partial charge is 0.373 e. The Kier molecular flexibility index (Phi) is 7.75. The molecule has 34 heavy (non-hydrogen) atoms. The zero-order chi connectivity index (χ0) is 24.3. The van der Waals surface area contributed by atoms with Gasteiger partial charge in [-0.1, -0.05) is 11.6 Å². The van der Waals surface area contributed by atoms with Crippen LogP contribution in [0.5, 0.6) is 0 Å². The number of hydrazine groups is 1. The molecule has 14 heteroatoms. The van der Waals surface area contributed by atoms with Crippen LogP contribution in [0.15, 0.2) is 12.4 Å². The van der Waals surface area contributed by atoms with Gasteiger partial charge in [0.05, 0.1) is 48.8 Å². The number of alkyl halides is 3. The molecule has 0 aliphatic carbocycles. The first-order valence-corrected chi connectivity index (χ1v) is 11.5. The van der Waals surface area contributed by atoms with Crippen LogP contribution in [-0.4, -0.2) is 90.5 Å². The second-order valence-electron chi connectivity index (χ2n) is 8.49. The van der Waals surface area contributed by atoms with Crippen LogP contribution in [0.2, 0.25) is 5.02 Å². The van der Waals surface area contributed by atoms with Gasteiger partial charge in [-0.25, -0.2) is 15.4 Å². The molecule has 0 saturated carbocycles. The van der Waals surface area contributed by atoms with E-state index >= 15 is 0 Å². The van der Waals surface area contributed by atoms with E-state index in [0.29, 0.717) is 50.0 Å². The van der Waals surface area contributed by atoms with Crippen LogP contribution in [0.1, 0.15) is 19.3 Å². The average molecular weight is 507 g/mol. The number of piperazine rings is 1. The summed E-state index contributed by atoms with van der Waals surface area (Å²) < 4.78 is 50.9. The zero-order valence-electron chi connectivity index (χ0n) is 18.3. The fourth-order valence-corrected chi connectivity index (χ4v) is 4.45. The van der Waals surface area contributed by atoms with Gasteiger partial charge in [0.1, 0.15) is 0 Å². The normalized spacial score (nSPS) is 28.2. The largest absolute Gasteiger partial charge is 0.403 e. The van der Waals surface area contributed by atoms with Crippen LogP contribution >= 0.6 is 11.6 Å². The summed E-state index contributed by atoms with van der Waals surface area (Å²) in [6.45, 7) is 2.02. The number of halogens is 4. The molecule has 1 aromatic heterocycles. The van der Waals surface area contributed by atoms with Gasteiger partial charge < -0.3 is 19.3 Å². The number of amides is 2.